The maximum Gasteiger partial charge on any atom is 0.332 e. The molecule has 0 spiro atoms. The van der Waals surface area contributed by atoms with Crippen LogP contribution in [0, 0.1) is 7.14 Å². The number of rotatable bonds is 12. The number of nitrogens with one attached hydrogen (secondary N) is 2. The second kappa shape index (κ2) is 21.6. The molecular formula is C48H56I2N12O6. The van der Waals surface area contributed by atoms with Crippen LogP contribution in [0.5, 0.6) is 5.75 Å². The van der Waals surface area contributed by atoms with Crippen LogP contribution >= 0.6 is 45.2 Å². The fourth-order valence-corrected chi connectivity index (χ4v) is 10.2. The van der Waals surface area contributed by atoms with E-state index in [-0.39, 0.29) is 42.6 Å². The van der Waals surface area contributed by atoms with Crippen molar-refractivity contribution in [1.29, 1.82) is 0 Å². The molecule has 1 unspecified atom stereocenters. The smallest absolute Gasteiger partial charge is 0.332 e. The third-order valence-electron chi connectivity index (χ3n) is 12.8. The number of nitrogens with zero attached hydrogens (tertiary/aromatic N) is 10. The van der Waals surface area contributed by atoms with Crippen molar-refractivity contribution >= 4 is 79.4 Å². The zero-order valence-corrected chi connectivity index (χ0v) is 42.6. The van der Waals surface area contributed by atoms with Gasteiger partial charge in [-0.2, -0.15) is 9.97 Å². The van der Waals surface area contributed by atoms with E-state index in [1.807, 2.05) is 63.7 Å². The van der Waals surface area contributed by atoms with Crippen molar-refractivity contribution in [2.75, 3.05) is 75.4 Å². The summed E-state index contributed by atoms with van der Waals surface area (Å²) < 4.78 is 23.4. The molecule has 4 aromatic heterocycles. The van der Waals surface area contributed by atoms with E-state index >= 15 is 0 Å². The topological polar surface area (TPSA) is 173 Å². The number of piperazine rings is 2. The van der Waals surface area contributed by atoms with E-state index in [0.29, 0.717) is 53.7 Å². The van der Waals surface area contributed by atoms with Gasteiger partial charge in [0.1, 0.15) is 12.4 Å². The highest BCUT2D eigenvalue weighted by Crippen LogP contribution is 2.26. The lowest BCUT2D eigenvalue weighted by Gasteiger charge is -2.29. The molecule has 3 saturated heterocycles. The fraction of sp³-hybridized carbons (Fsp3) is 0.417. The van der Waals surface area contributed by atoms with Gasteiger partial charge in [0.2, 0.25) is 11.9 Å². The van der Waals surface area contributed by atoms with E-state index in [0.717, 1.165) is 95.8 Å². The maximum atomic E-state index is 13.8. The first kappa shape index (κ1) is 47.8. The number of hydrogen-bond donors (Lipinski definition) is 2. The molecule has 358 valence electrons. The minimum absolute atomic E-state index is 0.110. The first-order valence-electron chi connectivity index (χ1n) is 23.2. The molecule has 0 bridgehead atoms. The highest BCUT2D eigenvalue weighted by molar-refractivity contribution is 14.1. The molecule has 0 amide bonds. The average molecular weight is 1150 g/mol. The lowest BCUT2D eigenvalue weighted by Crippen LogP contribution is -2.45. The number of fused-ring (bicyclic) bond motifs is 2. The van der Waals surface area contributed by atoms with Gasteiger partial charge >= 0.3 is 11.4 Å². The standard InChI is InChI=1S/C25H27IN6O3.C23H29IN6O3/c1-29-22-21(23(33)31(25(29)34)15-16-35-19-8-3-2-4-9-19)32(17-18-7-5-6-10-20(18)26)24(28-22)30-13-11-27-12-14-30;1-27-20-19(21(31)30(23(27)32)15-17-7-4-5-13-33-17)29(14-16-6-2-3-8-18(16)24)22(26-20)28-11-9-25-10-12-28/h2-10,27H,11-17H2,1H3;2-3,6,8,17,25H,4-5,7,9-15H2,1H3. The number of anilines is 2. The molecule has 10 rings (SSSR count). The molecule has 18 nitrogen and oxygen atoms in total. The van der Waals surface area contributed by atoms with E-state index in [2.05, 4.69) is 89.9 Å². The van der Waals surface area contributed by atoms with Crippen LogP contribution in [0.15, 0.2) is 98.0 Å². The van der Waals surface area contributed by atoms with Crippen molar-refractivity contribution in [1.82, 2.24) is 48.0 Å². The number of imidazole rings is 2. The molecule has 68 heavy (non-hydrogen) atoms. The Hall–Kier alpha value is -5.30. The molecule has 0 radical (unpaired) electrons. The van der Waals surface area contributed by atoms with Gasteiger partial charge < -0.3 is 29.9 Å². The molecule has 0 saturated carbocycles. The SMILES string of the molecule is Cn1c(=O)n(CC2CCCCO2)c(=O)c2c1nc(N1CCNCC1)n2Cc1ccccc1I.Cn1c(=O)n(CCOc2ccccc2)c(=O)c2c1nc(N1CCNCC1)n2Cc1ccccc1I. The molecule has 20 heteroatoms. The number of hydrogen-bond acceptors (Lipinski definition) is 12. The minimum Gasteiger partial charge on any atom is -0.492 e. The average Bonchev–Trinajstić information content (AvgIpc) is 3.95. The van der Waals surface area contributed by atoms with E-state index in [1.165, 1.54) is 18.3 Å². The largest absolute Gasteiger partial charge is 0.492 e. The van der Waals surface area contributed by atoms with Gasteiger partial charge in [-0.25, -0.2) is 9.59 Å². The Balaban J connectivity index is 0.000000170. The van der Waals surface area contributed by atoms with Crippen molar-refractivity contribution in [3.05, 3.63) is 139 Å². The zero-order chi connectivity index (χ0) is 47.3. The van der Waals surface area contributed by atoms with Crippen molar-refractivity contribution in [3.8, 4) is 5.75 Å². The monoisotopic (exact) mass is 1150 g/mol. The molecule has 3 aromatic carbocycles. The lowest BCUT2D eigenvalue weighted by atomic mass is 10.1. The van der Waals surface area contributed by atoms with Crippen LogP contribution < -0.4 is 47.7 Å². The highest BCUT2D eigenvalue weighted by Gasteiger charge is 2.28. The normalized spacial score (nSPS) is 16.6. The summed E-state index contributed by atoms with van der Waals surface area (Å²) >= 11 is 4.64. The summed E-state index contributed by atoms with van der Waals surface area (Å²) in [5.41, 5.74) is 2.57. The van der Waals surface area contributed by atoms with Gasteiger partial charge in [0.25, 0.3) is 11.1 Å². The summed E-state index contributed by atoms with van der Waals surface area (Å²) in [4.78, 5) is 67.9. The Morgan fingerprint density at radius 1 is 0.632 bits per heavy atom. The van der Waals surface area contributed by atoms with Crippen LogP contribution in [0.25, 0.3) is 22.3 Å². The second-order valence-electron chi connectivity index (χ2n) is 17.2. The number of aromatic nitrogens is 8. The zero-order valence-electron chi connectivity index (χ0n) is 38.3. The summed E-state index contributed by atoms with van der Waals surface area (Å²) in [6.07, 6.45) is 2.83. The Kier molecular flexibility index (Phi) is 15.1. The van der Waals surface area contributed by atoms with Crippen LogP contribution in [0.3, 0.4) is 0 Å². The summed E-state index contributed by atoms with van der Waals surface area (Å²) in [5.74, 6) is 2.15. The summed E-state index contributed by atoms with van der Waals surface area (Å²) in [7, 11) is 3.37. The maximum absolute atomic E-state index is 13.8. The molecule has 3 aliphatic rings. The van der Waals surface area contributed by atoms with E-state index in [9.17, 15) is 19.2 Å². The highest BCUT2D eigenvalue weighted by atomic mass is 127. The van der Waals surface area contributed by atoms with Crippen LogP contribution in [0.1, 0.15) is 30.4 Å². The minimum atomic E-state index is -0.398. The summed E-state index contributed by atoms with van der Waals surface area (Å²) in [6.45, 7) is 8.86. The molecule has 3 aliphatic heterocycles. The molecule has 7 heterocycles. The van der Waals surface area contributed by atoms with Crippen LogP contribution in [0.4, 0.5) is 11.9 Å². The first-order valence-corrected chi connectivity index (χ1v) is 25.3. The lowest BCUT2D eigenvalue weighted by molar-refractivity contribution is 0.00462. The Bertz CT molecular complexity index is 3140. The van der Waals surface area contributed by atoms with Crippen molar-refractivity contribution in [2.24, 2.45) is 14.1 Å². The number of aryl methyl sites for hydroxylation is 2. The van der Waals surface area contributed by atoms with E-state index < -0.39 is 5.69 Å². The predicted molar refractivity (Wildman–Crippen MR) is 281 cm³/mol. The molecule has 7 aromatic rings. The summed E-state index contributed by atoms with van der Waals surface area (Å²) in [5, 5.41) is 6.73. The fourth-order valence-electron chi connectivity index (χ4n) is 9.11. The van der Waals surface area contributed by atoms with Gasteiger partial charge in [0.15, 0.2) is 22.3 Å². The van der Waals surface area contributed by atoms with Gasteiger partial charge in [0.05, 0.1) is 32.3 Å². The Morgan fingerprint density at radius 3 is 1.62 bits per heavy atom. The van der Waals surface area contributed by atoms with E-state index in [4.69, 9.17) is 19.4 Å². The predicted octanol–water partition coefficient (Wildman–Crippen LogP) is 3.57. The van der Waals surface area contributed by atoms with Crippen molar-refractivity contribution in [3.63, 3.8) is 0 Å². The molecular weight excluding hydrogens is 1090 g/mol. The van der Waals surface area contributed by atoms with Crippen LogP contribution in [-0.4, -0.2) is 109 Å². The molecule has 0 aliphatic carbocycles. The van der Waals surface area contributed by atoms with Gasteiger partial charge in [-0.1, -0.05) is 54.6 Å². The van der Waals surface area contributed by atoms with Gasteiger partial charge in [-0.3, -0.25) is 37.0 Å². The molecule has 3 fully saturated rings. The number of benzene rings is 3. The number of halogens is 2. The Labute approximate surface area is 419 Å². The number of ether oxygens (including phenoxy) is 2. The van der Waals surface area contributed by atoms with Crippen LogP contribution in [0.2, 0.25) is 0 Å². The van der Waals surface area contributed by atoms with Gasteiger partial charge in [-0.05, 0) is 99.8 Å². The van der Waals surface area contributed by atoms with Crippen LogP contribution in [-0.2, 0) is 45.0 Å². The van der Waals surface area contributed by atoms with E-state index in [1.54, 1.807) is 14.1 Å². The second-order valence-corrected chi connectivity index (χ2v) is 19.5. The summed E-state index contributed by atoms with van der Waals surface area (Å²) in [6, 6.07) is 25.6. The molecule has 2 N–H and O–H groups in total. The first-order chi connectivity index (χ1) is 33.1. The Morgan fingerprint density at radius 2 is 1.12 bits per heavy atom. The van der Waals surface area contributed by atoms with Crippen molar-refractivity contribution in [2.45, 2.75) is 51.5 Å². The van der Waals surface area contributed by atoms with Crippen molar-refractivity contribution < 1.29 is 9.47 Å². The third kappa shape index (κ3) is 10.1. The third-order valence-corrected chi connectivity index (χ3v) is 14.9. The van der Waals surface area contributed by atoms with Gasteiger partial charge in [-0.15, -0.1) is 0 Å². The molecule has 1 atom stereocenters. The quantitative estimate of drug-likeness (QED) is 0.171. The van der Waals surface area contributed by atoms with Gasteiger partial charge in [0, 0.05) is 80.2 Å². The number of para-hydroxylation sites is 1.